The van der Waals surface area contributed by atoms with Crippen molar-refractivity contribution < 1.29 is 18.3 Å². The van der Waals surface area contributed by atoms with Crippen molar-refractivity contribution in [2.75, 3.05) is 18.0 Å². The summed E-state index contributed by atoms with van der Waals surface area (Å²) in [6.45, 7) is 15.6. The minimum atomic E-state index is -1.77. The maximum absolute atomic E-state index is 5.82. The molecule has 0 aromatic heterocycles. The average molecular weight is 644 g/mol. The second-order valence-electron chi connectivity index (χ2n) is 12.4. The molecule has 0 N–H and O–H groups in total. The molecule has 4 aliphatic carbocycles. The fourth-order valence-corrected chi connectivity index (χ4v) is 9.89. The van der Waals surface area contributed by atoms with Crippen molar-refractivity contribution in [2.24, 2.45) is 17.8 Å². The number of ether oxygens (including phenoxy) is 1. The van der Waals surface area contributed by atoms with Gasteiger partial charge in [-0.1, -0.05) is 17.7 Å². The standard InChI is InChI=1S/C22H31N2.C10H12O.2ClH.Ru/c1-15-6-16(2)21(17(3)7-15)23-4-5-24(14-23)22-11-18-8-19(12-22)10-20(9-18)13-22;1-8(2)11-10-7-5-4-6-9(10)3;;;/h6-7,14,18-20H,4-5,8-13H2,1-3H3;3-8H,1-2H3;2*1H;/q-1;;;;+2/p-2. The Morgan fingerprint density at radius 2 is 1.53 bits per heavy atom. The molecule has 2 aromatic carbocycles. The van der Waals surface area contributed by atoms with E-state index in [0.717, 1.165) is 35.6 Å². The van der Waals surface area contributed by atoms with E-state index in [2.05, 4.69) is 49.4 Å². The van der Waals surface area contributed by atoms with E-state index in [0.29, 0.717) is 5.54 Å². The minimum absolute atomic E-state index is 0.163. The predicted octanol–water partition coefficient (Wildman–Crippen LogP) is 8.37. The third-order valence-corrected chi connectivity index (χ3v) is 10.7. The van der Waals surface area contributed by atoms with Crippen molar-refractivity contribution in [1.29, 1.82) is 0 Å². The number of aryl methyl sites for hydroxylation is 3. The van der Waals surface area contributed by atoms with Crippen LogP contribution in [0.4, 0.5) is 5.69 Å². The van der Waals surface area contributed by atoms with Gasteiger partial charge in [-0.25, -0.2) is 0 Å². The van der Waals surface area contributed by atoms with Gasteiger partial charge in [0.05, 0.1) is 0 Å². The molecule has 2 aromatic rings. The van der Waals surface area contributed by atoms with E-state index in [1.807, 2.05) is 42.7 Å². The van der Waals surface area contributed by atoms with Crippen LogP contribution in [0.2, 0.25) is 0 Å². The van der Waals surface area contributed by atoms with Gasteiger partial charge in [-0.05, 0) is 100 Å². The molecule has 0 unspecified atom stereocenters. The first-order valence-corrected chi connectivity index (χ1v) is 19.6. The van der Waals surface area contributed by atoms with Crippen LogP contribution in [-0.4, -0.2) is 34.2 Å². The van der Waals surface area contributed by atoms with E-state index in [-0.39, 0.29) is 6.10 Å². The molecule has 1 saturated heterocycles. The molecule has 4 bridgehead atoms. The van der Waals surface area contributed by atoms with Gasteiger partial charge in [0, 0.05) is 12.2 Å². The van der Waals surface area contributed by atoms with Gasteiger partial charge in [0.15, 0.2) is 0 Å². The van der Waals surface area contributed by atoms with Crippen LogP contribution >= 0.6 is 19.4 Å². The molecule has 0 amide bonds. The van der Waals surface area contributed by atoms with Gasteiger partial charge in [-0.15, -0.1) is 0 Å². The summed E-state index contributed by atoms with van der Waals surface area (Å²) >= 11 is -1.77. The first kappa shape index (κ1) is 28.6. The normalized spacial score (nSPS) is 28.4. The summed E-state index contributed by atoms with van der Waals surface area (Å²) in [4.78, 5) is 5.32. The molecule has 3 nitrogen and oxygen atoms in total. The fraction of sp³-hybridized carbons (Fsp3) is 0.562. The van der Waals surface area contributed by atoms with E-state index in [4.69, 9.17) is 24.1 Å². The van der Waals surface area contributed by atoms with Gasteiger partial charge in [0.25, 0.3) is 0 Å². The second-order valence-corrected chi connectivity index (χ2v) is 18.1. The number of benzene rings is 2. The summed E-state index contributed by atoms with van der Waals surface area (Å²) in [6.07, 6.45) is 9.17. The Kier molecular flexibility index (Phi) is 8.95. The average Bonchev–Trinajstić information content (AvgIpc) is 3.29. The van der Waals surface area contributed by atoms with Crippen LogP contribution in [0.1, 0.15) is 74.6 Å². The maximum Gasteiger partial charge on any atom is 0.0141 e. The third-order valence-electron chi connectivity index (χ3n) is 8.87. The zero-order valence-electron chi connectivity index (χ0n) is 23.5. The second kappa shape index (κ2) is 11.9. The molecule has 6 heteroatoms. The van der Waals surface area contributed by atoms with Crippen molar-refractivity contribution >= 4 is 29.7 Å². The van der Waals surface area contributed by atoms with Crippen molar-refractivity contribution in [3.8, 4) is 5.75 Å². The molecule has 1 heterocycles. The van der Waals surface area contributed by atoms with E-state index < -0.39 is 13.5 Å². The monoisotopic (exact) mass is 643 g/mol. The quantitative estimate of drug-likeness (QED) is 0.241. The Morgan fingerprint density at radius 3 is 2.08 bits per heavy atom. The molecule has 4 saturated carbocycles. The molecule has 0 radical (unpaired) electrons. The number of para-hydroxylation sites is 1. The molecular formula is C32H43Cl2N2ORu-. The molecule has 7 rings (SSSR count). The van der Waals surface area contributed by atoms with Gasteiger partial charge >= 0.3 is 97.8 Å². The van der Waals surface area contributed by atoms with E-state index in [1.165, 1.54) is 67.4 Å². The van der Waals surface area contributed by atoms with Crippen LogP contribution in [0.3, 0.4) is 0 Å². The molecule has 38 heavy (non-hydrogen) atoms. The summed E-state index contributed by atoms with van der Waals surface area (Å²) < 4.78 is 7.51. The van der Waals surface area contributed by atoms with Gasteiger partial charge in [-0.2, -0.15) is 6.67 Å². The van der Waals surface area contributed by atoms with Gasteiger partial charge in [0.1, 0.15) is 0 Å². The van der Waals surface area contributed by atoms with E-state index in [1.54, 1.807) is 0 Å². The summed E-state index contributed by atoms with van der Waals surface area (Å²) in [6, 6.07) is 12.5. The topological polar surface area (TPSA) is 15.7 Å². The van der Waals surface area contributed by atoms with Crippen molar-refractivity contribution in [3.63, 3.8) is 0 Å². The summed E-state index contributed by atoms with van der Waals surface area (Å²) in [5.41, 5.74) is 7.19. The van der Waals surface area contributed by atoms with E-state index >= 15 is 0 Å². The fourth-order valence-electron chi connectivity index (χ4n) is 8.08. The van der Waals surface area contributed by atoms with Crippen molar-refractivity contribution in [3.05, 3.63) is 65.3 Å². The summed E-state index contributed by atoms with van der Waals surface area (Å²) in [5.74, 6) is 3.94. The smallest absolute Gasteiger partial charge is 0.0141 e. The number of anilines is 1. The Hall–Kier alpha value is -0.927. The summed E-state index contributed by atoms with van der Waals surface area (Å²) in [7, 11) is 11.6. The Labute approximate surface area is 243 Å². The van der Waals surface area contributed by atoms with Gasteiger partial charge < -0.3 is 9.80 Å². The van der Waals surface area contributed by atoms with Crippen molar-refractivity contribution in [2.45, 2.75) is 84.8 Å². The number of rotatable bonds is 5. The number of hydrogen-bond donors (Lipinski definition) is 0. The van der Waals surface area contributed by atoms with Gasteiger partial charge in [-0.3, -0.25) is 0 Å². The molecule has 0 spiro atoms. The van der Waals surface area contributed by atoms with Crippen LogP contribution in [0.25, 0.3) is 0 Å². The third kappa shape index (κ3) is 6.35. The zero-order chi connectivity index (χ0) is 27.0. The predicted molar refractivity (Wildman–Crippen MR) is 159 cm³/mol. The van der Waals surface area contributed by atoms with Gasteiger partial charge in [0.2, 0.25) is 0 Å². The van der Waals surface area contributed by atoms with Crippen LogP contribution in [-0.2, 0) is 13.5 Å². The first-order chi connectivity index (χ1) is 18.1. The maximum atomic E-state index is 5.82. The van der Waals surface area contributed by atoms with Crippen LogP contribution < -0.4 is 9.64 Å². The molecule has 5 fully saturated rings. The van der Waals surface area contributed by atoms with Crippen LogP contribution in [0.15, 0.2) is 36.4 Å². The van der Waals surface area contributed by atoms with Crippen molar-refractivity contribution in [1.82, 2.24) is 4.90 Å². The molecule has 210 valence electrons. The first-order valence-electron chi connectivity index (χ1n) is 14.2. The molecule has 0 atom stereocenters. The van der Waals surface area contributed by atoms with E-state index in [9.17, 15) is 0 Å². The van der Waals surface area contributed by atoms with Crippen LogP contribution in [0.5, 0.6) is 5.75 Å². The summed E-state index contributed by atoms with van der Waals surface area (Å²) in [5, 5.41) is 0. The minimum Gasteiger partial charge on any atom is -0.507 e. The Balaban J connectivity index is 0.000000181. The zero-order valence-corrected chi connectivity index (χ0v) is 26.7. The Bertz CT molecular complexity index is 1120. The van der Waals surface area contributed by atoms with Crippen LogP contribution in [0, 0.1) is 45.2 Å². The SMILES string of the molecule is CC(C)Oc1ccccc1[CH]=[Ru]([Cl])[Cl].Cc1cc(C)c(N2[CH-]N(C34CC5CC(CC(C5)C3)C4)CC2)c(C)c1. The Morgan fingerprint density at radius 1 is 0.947 bits per heavy atom. The largest absolute Gasteiger partial charge is 0.507 e. The molecular weight excluding hydrogens is 600 g/mol. The molecule has 1 aliphatic heterocycles. The number of hydrogen-bond acceptors (Lipinski definition) is 3. The molecule has 5 aliphatic rings. The number of nitrogens with zero attached hydrogens (tertiary/aromatic N) is 2. The number of halogens is 2.